The maximum Gasteiger partial charge on any atom is 0.341 e. The summed E-state index contributed by atoms with van der Waals surface area (Å²) in [7, 11) is 0. The van der Waals surface area contributed by atoms with Crippen molar-refractivity contribution in [3.63, 3.8) is 0 Å². The highest BCUT2D eigenvalue weighted by atomic mass is 35.5. The van der Waals surface area contributed by atoms with Gasteiger partial charge in [0, 0.05) is 20.8 Å². The number of anilines is 1. The molecule has 0 radical (unpaired) electrons. The summed E-state index contributed by atoms with van der Waals surface area (Å²) in [6, 6.07) is 15.1. The van der Waals surface area contributed by atoms with Crippen LogP contribution in [0.3, 0.4) is 0 Å². The number of fused-ring (bicyclic) bond motifs is 2. The van der Waals surface area contributed by atoms with Gasteiger partial charge in [-0.1, -0.05) is 48.4 Å². The lowest BCUT2D eigenvalue weighted by atomic mass is 9.97. The molecule has 0 aliphatic heterocycles. The van der Waals surface area contributed by atoms with Crippen molar-refractivity contribution in [2.45, 2.75) is 46.0 Å². The molecule has 184 valence electrons. The van der Waals surface area contributed by atoms with E-state index in [1.165, 1.54) is 16.2 Å². The number of rotatable bonds is 5. The molecule has 0 atom stereocenters. The third-order valence-electron chi connectivity index (χ3n) is 6.61. The van der Waals surface area contributed by atoms with Crippen molar-refractivity contribution in [1.82, 2.24) is 4.98 Å². The molecule has 7 heteroatoms. The van der Waals surface area contributed by atoms with Gasteiger partial charge in [-0.05, 0) is 68.9 Å². The van der Waals surface area contributed by atoms with E-state index in [9.17, 15) is 9.59 Å². The highest BCUT2D eigenvalue weighted by Crippen LogP contribution is 2.39. The lowest BCUT2D eigenvalue weighted by Crippen LogP contribution is -2.17. The number of amides is 1. The summed E-state index contributed by atoms with van der Waals surface area (Å²) in [5.41, 5.74) is 5.19. The summed E-state index contributed by atoms with van der Waals surface area (Å²) in [4.78, 5) is 32.9. The molecule has 0 bridgehead atoms. The maximum absolute atomic E-state index is 13.9. The van der Waals surface area contributed by atoms with Gasteiger partial charge in [0.25, 0.3) is 5.91 Å². The van der Waals surface area contributed by atoms with E-state index in [4.69, 9.17) is 21.3 Å². The molecule has 1 aliphatic carbocycles. The van der Waals surface area contributed by atoms with Crippen molar-refractivity contribution in [3.05, 3.63) is 80.7 Å². The number of nitrogens with one attached hydrogen (secondary N) is 1. The summed E-state index contributed by atoms with van der Waals surface area (Å²) in [6.45, 7) is 4.00. The van der Waals surface area contributed by atoms with Crippen LogP contribution in [-0.4, -0.2) is 23.5 Å². The number of aromatic nitrogens is 1. The molecule has 2 heterocycles. The zero-order valence-corrected chi connectivity index (χ0v) is 21.9. The Morgan fingerprint density at radius 2 is 1.78 bits per heavy atom. The fourth-order valence-corrected chi connectivity index (χ4v) is 6.30. The minimum Gasteiger partial charge on any atom is -0.462 e. The molecule has 1 aliphatic rings. The molecule has 36 heavy (non-hydrogen) atoms. The topological polar surface area (TPSA) is 68.3 Å². The van der Waals surface area contributed by atoms with E-state index in [1.54, 1.807) is 6.92 Å². The predicted octanol–water partition coefficient (Wildman–Crippen LogP) is 7.62. The lowest BCUT2D eigenvalue weighted by molar-refractivity contribution is 0.0527. The standard InChI is InChI=1S/C29H27ClN2O3S/c1-3-35-29(34)25-21-10-5-4-6-12-23(21)36-28(25)32-27(33)24-17(2)26(18-13-15-19(30)16-14-18)31-22-11-8-7-9-20(22)24/h7-9,11,13-16H,3-6,10,12H2,1-2H3,(H,32,33). The van der Waals surface area contributed by atoms with Gasteiger partial charge in [0.1, 0.15) is 5.00 Å². The first-order chi connectivity index (χ1) is 17.5. The molecule has 5 nitrogen and oxygen atoms in total. The Balaban J connectivity index is 1.62. The Bertz CT molecular complexity index is 1460. The molecular weight excluding hydrogens is 492 g/mol. The summed E-state index contributed by atoms with van der Waals surface area (Å²) in [5.74, 6) is -0.631. The van der Waals surface area contributed by atoms with Crippen molar-refractivity contribution in [1.29, 1.82) is 0 Å². The zero-order chi connectivity index (χ0) is 25.2. The first-order valence-corrected chi connectivity index (χ1v) is 13.5. The largest absolute Gasteiger partial charge is 0.462 e. The van der Waals surface area contributed by atoms with Gasteiger partial charge < -0.3 is 10.1 Å². The molecule has 4 aromatic rings. The fourth-order valence-electron chi connectivity index (χ4n) is 4.90. The number of ether oxygens (including phenoxy) is 1. The minimum absolute atomic E-state index is 0.261. The average molecular weight is 519 g/mol. The first kappa shape index (κ1) is 24.5. The van der Waals surface area contributed by atoms with Crippen molar-refractivity contribution in [2.75, 3.05) is 11.9 Å². The van der Waals surface area contributed by atoms with Crippen LogP contribution in [0.2, 0.25) is 5.02 Å². The molecule has 2 aromatic heterocycles. The number of para-hydroxylation sites is 1. The highest BCUT2D eigenvalue weighted by molar-refractivity contribution is 7.17. The van der Waals surface area contributed by atoms with Crippen molar-refractivity contribution in [3.8, 4) is 11.3 Å². The molecule has 0 unspecified atom stereocenters. The number of carbonyl (C=O) groups excluding carboxylic acids is 2. The second-order valence-electron chi connectivity index (χ2n) is 8.93. The van der Waals surface area contributed by atoms with Gasteiger partial charge in [-0.15, -0.1) is 11.3 Å². The van der Waals surface area contributed by atoms with Crippen molar-refractivity contribution >= 4 is 50.7 Å². The molecule has 0 fully saturated rings. The molecular formula is C29H27ClN2O3S. The number of hydrogen-bond donors (Lipinski definition) is 1. The van der Waals surface area contributed by atoms with E-state index in [2.05, 4.69) is 5.32 Å². The second kappa shape index (κ2) is 10.4. The number of esters is 1. The van der Waals surface area contributed by atoms with Crippen LogP contribution in [0.4, 0.5) is 5.00 Å². The van der Waals surface area contributed by atoms with Crippen LogP contribution in [0.1, 0.15) is 62.9 Å². The van der Waals surface area contributed by atoms with Gasteiger partial charge >= 0.3 is 5.97 Å². The SMILES string of the molecule is CCOC(=O)c1c(NC(=O)c2c(C)c(-c3ccc(Cl)cc3)nc3ccccc23)sc2c1CCCCC2. The molecule has 0 saturated carbocycles. The number of halogens is 1. The number of thiophene rings is 1. The molecule has 1 N–H and O–H groups in total. The number of hydrogen-bond acceptors (Lipinski definition) is 5. The van der Waals surface area contributed by atoms with Crippen molar-refractivity contribution < 1.29 is 14.3 Å². The second-order valence-corrected chi connectivity index (χ2v) is 10.5. The molecule has 5 rings (SSSR count). The molecule has 0 saturated heterocycles. The highest BCUT2D eigenvalue weighted by Gasteiger charge is 2.28. The van der Waals surface area contributed by atoms with E-state index < -0.39 is 0 Å². The quantitative estimate of drug-likeness (QED) is 0.218. The third-order valence-corrected chi connectivity index (χ3v) is 8.07. The van der Waals surface area contributed by atoms with Gasteiger partial charge in [0.2, 0.25) is 0 Å². The summed E-state index contributed by atoms with van der Waals surface area (Å²) in [6.07, 6.45) is 5.00. The van der Waals surface area contributed by atoms with E-state index in [-0.39, 0.29) is 18.5 Å². The Morgan fingerprint density at radius 1 is 1.03 bits per heavy atom. The zero-order valence-electron chi connectivity index (χ0n) is 20.3. The Kier molecular flexibility index (Phi) is 7.08. The first-order valence-electron chi connectivity index (χ1n) is 12.3. The van der Waals surface area contributed by atoms with Gasteiger partial charge in [0.15, 0.2) is 0 Å². The normalized spacial score (nSPS) is 13.2. The van der Waals surface area contributed by atoms with Crippen LogP contribution in [0.15, 0.2) is 48.5 Å². The van der Waals surface area contributed by atoms with E-state index >= 15 is 0 Å². The number of nitrogens with zero attached hydrogens (tertiary/aromatic N) is 1. The van der Waals surface area contributed by atoms with E-state index in [0.717, 1.165) is 65.4 Å². The number of carbonyl (C=O) groups is 2. The minimum atomic E-state index is -0.370. The average Bonchev–Trinajstić information content (AvgIpc) is 3.04. The Hall–Kier alpha value is -3.22. The van der Waals surface area contributed by atoms with Crippen LogP contribution in [0.25, 0.3) is 22.2 Å². The number of aryl methyl sites for hydroxylation is 1. The molecule has 2 aromatic carbocycles. The lowest BCUT2D eigenvalue weighted by Gasteiger charge is -2.15. The number of benzene rings is 2. The Labute approximate surface area is 219 Å². The summed E-state index contributed by atoms with van der Waals surface area (Å²) in [5, 5.41) is 5.07. The van der Waals surface area contributed by atoms with Crippen molar-refractivity contribution in [2.24, 2.45) is 0 Å². The fraction of sp³-hybridized carbons (Fsp3) is 0.276. The number of pyridine rings is 1. The maximum atomic E-state index is 13.9. The van der Waals surface area contributed by atoms with Crippen LogP contribution in [0, 0.1) is 6.92 Å². The monoisotopic (exact) mass is 518 g/mol. The van der Waals surface area contributed by atoms with Crippen LogP contribution < -0.4 is 5.32 Å². The molecule has 0 spiro atoms. The summed E-state index contributed by atoms with van der Waals surface area (Å²) >= 11 is 7.60. The van der Waals surface area contributed by atoms with E-state index in [1.807, 2.05) is 55.5 Å². The van der Waals surface area contributed by atoms with Gasteiger partial charge in [0.05, 0.1) is 28.9 Å². The summed E-state index contributed by atoms with van der Waals surface area (Å²) < 4.78 is 5.40. The smallest absolute Gasteiger partial charge is 0.341 e. The Morgan fingerprint density at radius 3 is 2.56 bits per heavy atom. The van der Waals surface area contributed by atoms with Gasteiger partial charge in [-0.3, -0.25) is 4.79 Å². The van der Waals surface area contributed by atoms with E-state index in [0.29, 0.717) is 21.2 Å². The van der Waals surface area contributed by atoms with Crippen LogP contribution in [0.5, 0.6) is 0 Å². The van der Waals surface area contributed by atoms with Crippen LogP contribution in [-0.2, 0) is 17.6 Å². The third kappa shape index (κ3) is 4.63. The predicted molar refractivity (Wildman–Crippen MR) is 146 cm³/mol. The van der Waals surface area contributed by atoms with Gasteiger partial charge in [-0.2, -0.15) is 0 Å². The van der Waals surface area contributed by atoms with Crippen LogP contribution >= 0.6 is 22.9 Å². The van der Waals surface area contributed by atoms with Gasteiger partial charge in [-0.25, -0.2) is 9.78 Å². The molecule has 1 amide bonds.